The van der Waals surface area contributed by atoms with Crippen molar-refractivity contribution in [2.24, 2.45) is 0 Å². The first kappa shape index (κ1) is 16.3. The Morgan fingerprint density at radius 3 is 2.82 bits per heavy atom. The molecule has 1 N–H and O–H groups in total. The maximum atomic E-state index is 12.1. The van der Waals surface area contributed by atoms with Gasteiger partial charge >= 0.3 is 0 Å². The number of hydrogen-bond donors (Lipinski definition) is 1. The van der Waals surface area contributed by atoms with Crippen LogP contribution in [0.4, 0.5) is 11.5 Å². The van der Waals surface area contributed by atoms with Gasteiger partial charge in [-0.05, 0) is 18.2 Å². The van der Waals surface area contributed by atoms with Gasteiger partial charge in [-0.3, -0.25) is 9.78 Å². The van der Waals surface area contributed by atoms with Crippen LogP contribution >= 0.6 is 23.2 Å². The van der Waals surface area contributed by atoms with Crippen LogP contribution in [0.1, 0.15) is 0 Å². The number of benzene rings is 1. The summed E-state index contributed by atoms with van der Waals surface area (Å²) in [5.41, 5.74) is 0.505. The summed E-state index contributed by atoms with van der Waals surface area (Å²) < 4.78 is 5.18. The van der Waals surface area contributed by atoms with Crippen molar-refractivity contribution in [2.45, 2.75) is 0 Å². The molecule has 1 heterocycles. The van der Waals surface area contributed by atoms with Crippen LogP contribution in [0, 0.1) is 0 Å². The molecule has 0 radical (unpaired) electrons. The molecule has 116 valence electrons. The van der Waals surface area contributed by atoms with Crippen molar-refractivity contribution in [3.63, 3.8) is 0 Å². The second-order valence-corrected chi connectivity index (χ2v) is 5.27. The topological polar surface area (TPSA) is 67.3 Å². The Morgan fingerprint density at radius 1 is 1.36 bits per heavy atom. The lowest BCUT2D eigenvalue weighted by Gasteiger charge is -2.18. The molecule has 1 amide bonds. The quantitative estimate of drug-likeness (QED) is 0.906. The van der Waals surface area contributed by atoms with Crippen LogP contribution in [0.3, 0.4) is 0 Å². The zero-order chi connectivity index (χ0) is 16.1. The minimum absolute atomic E-state index is 0.0741. The van der Waals surface area contributed by atoms with E-state index in [1.807, 2.05) is 0 Å². The average molecular weight is 341 g/mol. The molecule has 0 unspecified atom stereocenters. The fraction of sp³-hybridized carbons (Fsp3) is 0.214. The minimum atomic E-state index is -0.246. The molecule has 0 saturated carbocycles. The van der Waals surface area contributed by atoms with Gasteiger partial charge in [-0.1, -0.05) is 23.2 Å². The van der Waals surface area contributed by atoms with Crippen molar-refractivity contribution >= 4 is 40.6 Å². The number of ether oxygens (including phenoxy) is 1. The summed E-state index contributed by atoms with van der Waals surface area (Å²) in [5.74, 6) is 0.786. The van der Waals surface area contributed by atoms with Crippen molar-refractivity contribution in [2.75, 3.05) is 30.9 Å². The van der Waals surface area contributed by atoms with Crippen LogP contribution in [0.5, 0.6) is 5.75 Å². The Balaban J connectivity index is 2.05. The highest BCUT2D eigenvalue weighted by atomic mass is 35.5. The van der Waals surface area contributed by atoms with Crippen molar-refractivity contribution in [1.82, 2.24) is 9.97 Å². The monoisotopic (exact) mass is 340 g/mol. The molecule has 2 rings (SSSR count). The number of methoxy groups -OCH3 is 1. The van der Waals surface area contributed by atoms with Crippen LogP contribution in [-0.2, 0) is 4.79 Å². The molecule has 0 spiro atoms. The summed E-state index contributed by atoms with van der Waals surface area (Å²) in [4.78, 5) is 21.8. The smallest absolute Gasteiger partial charge is 0.244 e. The van der Waals surface area contributed by atoms with Crippen molar-refractivity contribution in [3.8, 4) is 5.75 Å². The summed E-state index contributed by atoms with van der Waals surface area (Å²) in [6, 6.07) is 4.99. The number of halogens is 2. The van der Waals surface area contributed by atoms with Gasteiger partial charge in [0.15, 0.2) is 0 Å². The molecule has 8 heteroatoms. The Morgan fingerprint density at radius 2 is 2.14 bits per heavy atom. The number of amides is 1. The van der Waals surface area contributed by atoms with Gasteiger partial charge in [0, 0.05) is 12.1 Å². The maximum absolute atomic E-state index is 12.1. The van der Waals surface area contributed by atoms with Gasteiger partial charge in [0.2, 0.25) is 5.91 Å². The van der Waals surface area contributed by atoms with E-state index in [2.05, 4.69) is 15.3 Å². The largest absolute Gasteiger partial charge is 0.495 e. The molecule has 0 bridgehead atoms. The Hall–Kier alpha value is -2.05. The number of likely N-dealkylation sites (N-methyl/N-ethyl adjacent to an activating group) is 1. The number of hydrogen-bond acceptors (Lipinski definition) is 5. The first-order chi connectivity index (χ1) is 10.5. The second kappa shape index (κ2) is 7.29. The molecule has 0 fully saturated rings. The summed E-state index contributed by atoms with van der Waals surface area (Å²) in [6.45, 7) is 0.0741. The van der Waals surface area contributed by atoms with Crippen LogP contribution in [0.15, 0.2) is 30.6 Å². The molecular formula is C14H14Cl2N4O2. The lowest BCUT2D eigenvalue weighted by molar-refractivity contribution is -0.114. The molecule has 1 aromatic heterocycles. The van der Waals surface area contributed by atoms with E-state index >= 15 is 0 Å². The van der Waals surface area contributed by atoms with Gasteiger partial charge in [-0.25, -0.2) is 4.98 Å². The molecule has 2 aromatic rings. The van der Waals surface area contributed by atoms with Crippen molar-refractivity contribution in [1.29, 1.82) is 0 Å². The Bertz CT molecular complexity index is 682. The minimum Gasteiger partial charge on any atom is -0.495 e. The van der Waals surface area contributed by atoms with E-state index in [0.29, 0.717) is 22.3 Å². The molecule has 0 aliphatic carbocycles. The first-order valence-electron chi connectivity index (χ1n) is 6.31. The van der Waals surface area contributed by atoms with Gasteiger partial charge < -0.3 is 15.0 Å². The van der Waals surface area contributed by atoms with E-state index < -0.39 is 0 Å². The molecule has 0 saturated heterocycles. The standard InChI is InChI=1S/C14H14Cl2N4O2/c1-20(13-7-17-6-12(16)19-13)8-14(21)18-10-5-9(15)3-4-11(10)22-2/h3-7H,8H2,1-2H3,(H,18,21). The number of carbonyl (C=O) groups is 1. The SMILES string of the molecule is COc1ccc(Cl)cc1NC(=O)CN(C)c1cncc(Cl)n1. The third-order valence-corrected chi connectivity index (χ3v) is 3.22. The third kappa shape index (κ3) is 4.22. The number of nitrogens with zero attached hydrogens (tertiary/aromatic N) is 3. The zero-order valence-electron chi connectivity index (χ0n) is 12.0. The molecule has 6 nitrogen and oxygen atoms in total. The lowest BCUT2D eigenvalue weighted by atomic mass is 10.3. The van der Waals surface area contributed by atoms with Crippen molar-refractivity contribution in [3.05, 3.63) is 40.8 Å². The first-order valence-corrected chi connectivity index (χ1v) is 7.07. The van der Waals surface area contributed by atoms with Gasteiger partial charge in [0.25, 0.3) is 0 Å². The highest BCUT2D eigenvalue weighted by molar-refractivity contribution is 6.31. The number of carbonyl (C=O) groups excluding carboxylic acids is 1. The number of nitrogens with one attached hydrogen (secondary N) is 1. The predicted molar refractivity (Wildman–Crippen MR) is 86.9 cm³/mol. The zero-order valence-corrected chi connectivity index (χ0v) is 13.5. The molecule has 0 atom stereocenters. The molecule has 0 aliphatic heterocycles. The third-order valence-electron chi connectivity index (χ3n) is 2.80. The molecule has 0 aliphatic rings. The summed E-state index contributed by atoms with van der Waals surface area (Å²) >= 11 is 11.7. The highest BCUT2D eigenvalue weighted by Gasteiger charge is 2.12. The van der Waals surface area contributed by atoms with Gasteiger partial charge in [-0.15, -0.1) is 0 Å². The lowest BCUT2D eigenvalue weighted by Crippen LogP contribution is -2.30. The van der Waals surface area contributed by atoms with Crippen LogP contribution < -0.4 is 15.0 Å². The normalized spacial score (nSPS) is 10.2. The molecular weight excluding hydrogens is 327 g/mol. The van der Waals surface area contributed by atoms with Gasteiger partial charge in [0.05, 0.1) is 31.7 Å². The predicted octanol–water partition coefficient (Wildman–Crippen LogP) is 2.87. The highest BCUT2D eigenvalue weighted by Crippen LogP contribution is 2.27. The summed E-state index contributed by atoms with van der Waals surface area (Å²) in [7, 11) is 3.24. The average Bonchev–Trinajstić information content (AvgIpc) is 2.47. The molecule has 22 heavy (non-hydrogen) atoms. The van der Waals surface area contributed by atoms with Crippen LogP contribution in [-0.4, -0.2) is 36.6 Å². The summed E-state index contributed by atoms with van der Waals surface area (Å²) in [6.07, 6.45) is 2.95. The maximum Gasteiger partial charge on any atom is 0.244 e. The number of anilines is 2. The number of aromatic nitrogens is 2. The van der Waals surface area contributed by atoms with Crippen molar-refractivity contribution < 1.29 is 9.53 Å². The van der Waals surface area contributed by atoms with Gasteiger partial charge in [-0.2, -0.15) is 0 Å². The summed E-state index contributed by atoms with van der Waals surface area (Å²) in [5, 5.41) is 3.52. The van der Waals surface area contributed by atoms with E-state index in [0.717, 1.165) is 0 Å². The van der Waals surface area contributed by atoms with E-state index in [1.54, 1.807) is 30.1 Å². The molecule has 1 aromatic carbocycles. The number of rotatable bonds is 5. The Kier molecular flexibility index (Phi) is 5.41. The van der Waals surface area contributed by atoms with E-state index in [4.69, 9.17) is 27.9 Å². The van der Waals surface area contributed by atoms with Crippen LogP contribution in [0.25, 0.3) is 0 Å². The fourth-order valence-electron chi connectivity index (χ4n) is 1.78. The fourth-order valence-corrected chi connectivity index (χ4v) is 2.10. The Labute approximate surface area is 138 Å². The van der Waals surface area contributed by atoms with Gasteiger partial charge in [0.1, 0.15) is 16.7 Å². The van der Waals surface area contributed by atoms with E-state index in [9.17, 15) is 4.79 Å². The van der Waals surface area contributed by atoms with E-state index in [-0.39, 0.29) is 17.6 Å². The second-order valence-electron chi connectivity index (χ2n) is 4.45. The van der Waals surface area contributed by atoms with E-state index in [1.165, 1.54) is 19.5 Å². The van der Waals surface area contributed by atoms with Crippen LogP contribution in [0.2, 0.25) is 10.2 Å².